The smallest absolute Gasteiger partial charge is 0.0338 e. The molecule has 1 saturated heterocycles. The number of piperazine rings is 1. The molecule has 2 fully saturated rings. The van der Waals surface area contributed by atoms with Crippen molar-refractivity contribution in [2.75, 3.05) is 13.1 Å². The van der Waals surface area contributed by atoms with Gasteiger partial charge in [-0.1, -0.05) is 49.6 Å². The van der Waals surface area contributed by atoms with Gasteiger partial charge in [0.15, 0.2) is 0 Å². The van der Waals surface area contributed by atoms with Crippen molar-refractivity contribution < 1.29 is 0 Å². The zero-order valence-corrected chi connectivity index (χ0v) is 13.0. The number of hydrogen-bond acceptors (Lipinski definition) is 2. The quantitative estimate of drug-likeness (QED) is 0.906. The van der Waals surface area contributed by atoms with Gasteiger partial charge in [0.2, 0.25) is 0 Å². The summed E-state index contributed by atoms with van der Waals surface area (Å²) in [6, 6.07) is 9.71. The van der Waals surface area contributed by atoms with E-state index in [1.807, 2.05) is 0 Å². The van der Waals surface area contributed by atoms with E-state index in [-0.39, 0.29) is 0 Å². The number of hydrogen-bond donors (Lipinski definition) is 1. The summed E-state index contributed by atoms with van der Waals surface area (Å²) in [7, 11) is 0. The third-order valence-electron chi connectivity index (χ3n) is 5.31. The Labute approximate surface area is 123 Å². The molecule has 1 aromatic carbocycles. The lowest BCUT2D eigenvalue weighted by Gasteiger charge is -2.48. The Morgan fingerprint density at radius 2 is 2.10 bits per heavy atom. The Bertz CT molecular complexity index is 448. The second kappa shape index (κ2) is 5.87. The number of nitrogens with zero attached hydrogens (tertiary/aromatic N) is 1. The van der Waals surface area contributed by atoms with Crippen LogP contribution in [0.1, 0.15) is 50.2 Å². The van der Waals surface area contributed by atoms with Gasteiger partial charge in [-0.3, -0.25) is 4.90 Å². The minimum absolute atomic E-state index is 0.440. The molecule has 1 atom stereocenters. The van der Waals surface area contributed by atoms with E-state index in [1.54, 1.807) is 0 Å². The average Bonchev–Trinajstić information content (AvgIpc) is 2.91. The number of rotatable bonds is 3. The Balaban J connectivity index is 1.79. The minimum Gasteiger partial charge on any atom is -0.311 e. The summed E-state index contributed by atoms with van der Waals surface area (Å²) in [6.45, 7) is 8.03. The van der Waals surface area contributed by atoms with Crippen LogP contribution in [0, 0.1) is 6.92 Å². The van der Waals surface area contributed by atoms with Crippen LogP contribution in [0.15, 0.2) is 24.3 Å². The van der Waals surface area contributed by atoms with E-state index < -0.39 is 0 Å². The first kappa shape index (κ1) is 14.1. The van der Waals surface area contributed by atoms with Crippen LogP contribution in [0.5, 0.6) is 0 Å². The van der Waals surface area contributed by atoms with Crippen LogP contribution in [0.3, 0.4) is 0 Å². The van der Waals surface area contributed by atoms with Gasteiger partial charge in [-0.15, -0.1) is 0 Å². The van der Waals surface area contributed by atoms with Crippen LogP contribution in [-0.4, -0.2) is 29.6 Å². The molecule has 1 aliphatic carbocycles. The van der Waals surface area contributed by atoms with Crippen LogP contribution in [0.4, 0.5) is 0 Å². The molecule has 1 spiro atoms. The zero-order valence-electron chi connectivity index (χ0n) is 13.0. The molecule has 0 amide bonds. The highest BCUT2D eigenvalue weighted by Gasteiger charge is 2.42. The first-order valence-electron chi connectivity index (χ1n) is 8.26. The second-order valence-electron chi connectivity index (χ2n) is 6.79. The van der Waals surface area contributed by atoms with Gasteiger partial charge in [-0.25, -0.2) is 0 Å². The minimum atomic E-state index is 0.440. The topological polar surface area (TPSA) is 15.3 Å². The van der Waals surface area contributed by atoms with Crippen LogP contribution in [0.2, 0.25) is 0 Å². The highest BCUT2D eigenvalue weighted by atomic mass is 15.3. The molecule has 1 heterocycles. The molecular weight excluding hydrogens is 244 g/mol. The lowest BCUT2D eigenvalue weighted by molar-refractivity contribution is 0.0349. The van der Waals surface area contributed by atoms with Crippen molar-refractivity contribution in [2.24, 2.45) is 0 Å². The summed E-state index contributed by atoms with van der Waals surface area (Å²) in [6.07, 6.45) is 6.80. The highest BCUT2D eigenvalue weighted by Crippen LogP contribution is 2.38. The molecule has 1 N–H and O–H groups in total. The van der Waals surface area contributed by atoms with Crippen LogP contribution in [-0.2, 0) is 6.54 Å². The fourth-order valence-electron chi connectivity index (χ4n) is 4.03. The van der Waals surface area contributed by atoms with E-state index in [0.717, 1.165) is 6.54 Å². The van der Waals surface area contributed by atoms with Gasteiger partial charge in [-0.2, -0.15) is 0 Å². The SMILES string of the molecule is CCC1CN(Cc2cccc(C)c2)C2(CCCC2)CN1. The van der Waals surface area contributed by atoms with E-state index in [4.69, 9.17) is 0 Å². The fourth-order valence-corrected chi connectivity index (χ4v) is 4.03. The van der Waals surface area contributed by atoms with Crippen molar-refractivity contribution in [3.05, 3.63) is 35.4 Å². The van der Waals surface area contributed by atoms with Crippen LogP contribution < -0.4 is 5.32 Å². The predicted octanol–water partition coefficient (Wildman–Crippen LogP) is 3.49. The maximum Gasteiger partial charge on any atom is 0.0338 e. The first-order chi connectivity index (χ1) is 9.72. The molecule has 1 aliphatic heterocycles. The number of nitrogens with one attached hydrogen (secondary N) is 1. The summed E-state index contributed by atoms with van der Waals surface area (Å²) in [5.41, 5.74) is 3.30. The lowest BCUT2D eigenvalue weighted by atomic mass is 9.89. The number of aryl methyl sites for hydroxylation is 1. The monoisotopic (exact) mass is 272 g/mol. The van der Waals surface area contributed by atoms with Crippen molar-refractivity contribution in [1.82, 2.24) is 10.2 Å². The summed E-state index contributed by atoms with van der Waals surface area (Å²) in [5.74, 6) is 0. The molecule has 110 valence electrons. The second-order valence-corrected chi connectivity index (χ2v) is 6.79. The normalized spacial score (nSPS) is 26.2. The van der Waals surface area contributed by atoms with E-state index in [1.165, 1.54) is 56.3 Å². The molecule has 2 heteroatoms. The average molecular weight is 272 g/mol. The standard InChI is InChI=1S/C18H28N2/c1-3-17-13-20(12-16-8-6-7-15(2)11-16)18(14-19-17)9-4-5-10-18/h6-8,11,17,19H,3-5,9-10,12-14H2,1-2H3. The largest absolute Gasteiger partial charge is 0.311 e. The van der Waals surface area contributed by atoms with Gasteiger partial charge in [0.05, 0.1) is 0 Å². The molecule has 0 bridgehead atoms. The summed E-state index contributed by atoms with van der Waals surface area (Å²) in [4.78, 5) is 2.79. The lowest BCUT2D eigenvalue weighted by Crippen LogP contribution is -2.62. The van der Waals surface area contributed by atoms with Crippen molar-refractivity contribution in [3.63, 3.8) is 0 Å². The summed E-state index contributed by atoms with van der Waals surface area (Å²) < 4.78 is 0. The summed E-state index contributed by atoms with van der Waals surface area (Å²) in [5, 5.41) is 3.79. The summed E-state index contributed by atoms with van der Waals surface area (Å²) >= 11 is 0. The Morgan fingerprint density at radius 3 is 2.80 bits per heavy atom. The van der Waals surface area contributed by atoms with Crippen molar-refractivity contribution in [3.8, 4) is 0 Å². The Morgan fingerprint density at radius 1 is 1.30 bits per heavy atom. The first-order valence-corrected chi connectivity index (χ1v) is 8.26. The van der Waals surface area contributed by atoms with E-state index >= 15 is 0 Å². The molecule has 2 aliphatic rings. The third-order valence-corrected chi connectivity index (χ3v) is 5.31. The molecule has 2 nitrogen and oxygen atoms in total. The van der Waals surface area contributed by atoms with Crippen molar-refractivity contribution in [1.29, 1.82) is 0 Å². The van der Waals surface area contributed by atoms with Gasteiger partial charge in [0, 0.05) is 31.2 Å². The molecule has 1 unspecified atom stereocenters. The van der Waals surface area contributed by atoms with Gasteiger partial charge >= 0.3 is 0 Å². The molecule has 1 aromatic rings. The van der Waals surface area contributed by atoms with Crippen molar-refractivity contribution >= 4 is 0 Å². The maximum absolute atomic E-state index is 3.79. The van der Waals surface area contributed by atoms with Crippen molar-refractivity contribution in [2.45, 2.75) is 64.1 Å². The predicted molar refractivity (Wildman–Crippen MR) is 84.9 cm³/mol. The fraction of sp³-hybridized carbons (Fsp3) is 0.667. The zero-order chi connectivity index (χ0) is 14.0. The van der Waals surface area contributed by atoms with Crippen LogP contribution in [0.25, 0.3) is 0 Å². The Kier molecular flexibility index (Phi) is 4.13. The molecular formula is C18H28N2. The van der Waals surface area contributed by atoms with Gasteiger partial charge in [0.1, 0.15) is 0 Å². The molecule has 0 radical (unpaired) electrons. The van der Waals surface area contributed by atoms with E-state index in [0.29, 0.717) is 11.6 Å². The van der Waals surface area contributed by atoms with Gasteiger partial charge in [0.25, 0.3) is 0 Å². The van der Waals surface area contributed by atoms with Gasteiger partial charge in [-0.05, 0) is 31.7 Å². The van der Waals surface area contributed by atoms with E-state index in [2.05, 4.69) is 48.3 Å². The number of benzene rings is 1. The third kappa shape index (κ3) is 2.77. The van der Waals surface area contributed by atoms with Crippen LogP contribution >= 0.6 is 0 Å². The molecule has 3 rings (SSSR count). The van der Waals surface area contributed by atoms with E-state index in [9.17, 15) is 0 Å². The molecule has 1 saturated carbocycles. The molecule has 0 aromatic heterocycles. The molecule has 20 heavy (non-hydrogen) atoms. The van der Waals surface area contributed by atoms with Gasteiger partial charge < -0.3 is 5.32 Å². The highest BCUT2D eigenvalue weighted by molar-refractivity contribution is 5.22. The Hall–Kier alpha value is -0.860. The maximum atomic E-state index is 3.79.